The molecule has 0 bridgehead atoms. The van der Waals surface area contributed by atoms with Crippen LogP contribution in [0, 0.1) is 18.3 Å². The maximum Gasteiger partial charge on any atom is 0.226 e. The average molecular weight is 263 g/mol. The predicted octanol–water partition coefficient (Wildman–Crippen LogP) is 3.42. The molecule has 1 aromatic rings. The van der Waals surface area contributed by atoms with Crippen LogP contribution in [0.3, 0.4) is 0 Å². The van der Waals surface area contributed by atoms with E-state index in [2.05, 4.69) is 29.1 Å². The fourth-order valence-corrected chi connectivity index (χ4v) is 2.29. The topological polar surface area (TPSA) is 47.0 Å². The second kappa shape index (κ2) is 5.35. The Morgan fingerprint density at radius 3 is 2.47 bits per heavy atom. The van der Waals surface area contributed by atoms with E-state index in [4.69, 9.17) is 4.74 Å². The molecule has 106 valence electrons. The summed E-state index contributed by atoms with van der Waals surface area (Å²) in [4.78, 5) is 8.85. The second-order valence-electron chi connectivity index (χ2n) is 6.21. The first-order valence-electron chi connectivity index (χ1n) is 7.17. The maximum absolute atomic E-state index is 5.64. The Morgan fingerprint density at radius 1 is 1.26 bits per heavy atom. The molecule has 4 heteroatoms. The van der Waals surface area contributed by atoms with Gasteiger partial charge in [0, 0.05) is 18.3 Å². The highest BCUT2D eigenvalue weighted by atomic mass is 16.5. The lowest BCUT2D eigenvalue weighted by atomic mass is 9.92. The third-order valence-electron chi connectivity index (χ3n) is 3.90. The molecule has 1 aliphatic carbocycles. The highest BCUT2D eigenvalue weighted by Crippen LogP contribution is 2.51. The van der Waals surface area contributed by atoms with Crippen molar-refractivity contribution >= 4 is 5.95 Å². The Balaban J connectivity index is 2.02. The van der Waals surface area contributed by atoms with Crippen molar-refractivity contribution < 1.29 is 4.74 Å². The van der Waals surface area contributed by atoms with Crippen LogP contribution in [0.25, 0.3) is 0 Å². The highest BCUT2D eigenvalue weighted by molar-refractivity contribution is 5.31. The lowest BCUT2D eigenvalue weighted by Gasteiger charge is -2.20. The van der Waals surface area contributed by atoms with Crippen molar-refractivity contribution in [2.75, 3.05) is 11.9 Å². The molecule has 1 heterocycles. The molecule has 1 aromatic heterocycles. The molecule has 4 nitrogen and oxygen atoms in total. The van der Waals surface area contributed by atoms with Gasteiger partial charge >= 0.3 is 0 Å². The van der Waals surface area contributed by atoms with Gasteiger partial charge in [-0.05, 0) is 44.9 Å². The van der Waals surface area contributed by atoms with Crippen LogP contribution in [-0.4, -0.2) is 22.6 Å². The number of rotatable bonds is 6. The number of ether oxygens (including phenoxy) is 1. The highest BCUT2D eigenvalue weighted by Gasteiger charge is 2.45. The van der Waals surface area contributed by atoms with E-state index < -0.39 is 0 Å². The lowest BCUT2D eigenvalue weighted by Crippen LogP contribution is -2.22. The van der Waals surface area contributed by atoms with Crippen molar-refractivity contribution in [3.05, 3.63) is 11.8 Å². The van der Waals surface area contributed by atoms with Crippen molar-refractivity contribution in [3.8, 4) is 5.88 Å². The molecule has 0 atom stereocenters. The van der Waals surface area contributed by atoms with Gasteiger partial charge in [0.25, 0.3) is 0 Å². The van der Waals surface area contributed by atoms with Crippen molar-refractivity contribution in [2.24, 2.45) is 11.3 Å². The number of nitrogens with zero attached hydrogens (tertiary/aromatic N) is 2. The number of aromatic nitrogens is 2. The molecule has 1 N–H and O–H groups in total. The summed E-state index contributed by atoms with van der Waals surface area (Å²) in [5.41, 5.74) is 1.38. The standard InChI is InChI=1S/C15H25N3O/c1-10(2)15(6-7-15)9-16-14-17-12(5)8-13(18-14)19-11(3)4/h8,10-11H,6-7,9H2,1-5H3,(H,16,17,18). The van der Waals surface area contributed by atoms with Gasteiger partial charge in [0.15, 0.2) is 0 Å². The molecule has 0 aliphatic heterocycles. The van der Waals surface area contributed by atoms with Gasteiger partial charge in [0.2, 0.25) is 11.8 Å². The smallest absolute Gasteiger partial charge is 0.226 e. The first-order chi connectivity index (χ1) is 8.91. The molecule has 0 spiro atoms. The van der Waals surface area contributed by atoms with Gasteiger partial charge in [-0.3, -0.25) is 0 Å². The van der Waals surface area contributed by atoms with E-state index in [-0.39, 0.29) is 6.10 Å². The second-order valence-corrected chi connectivity index (χ2v) is 6.21. The molecule has 1 saturated carbocycles. The minimum Gasteiger partial charge on any atom is -0.475 e. The number of nitrogens with one attached hydrogen (secondary N) is 1. The van der Waals surface area contributed by atoms with Crippen molar-refractivity contribution in [3.63, 3.8) is 0 Å². The van der Waals surface area contributed by atoms with E-state index in [0.29, 0.717) is 23.2 Å². The molecule has 2 rings (SSSR count). The summed E-state index contributed by atoms with van der Waals surface area (Å²) in [5.74, 6) is 2.04. The normalized spacial score (nSPS) is 16.8. The van der Waals surface area contributed by atoms with Crippen molar-refractivity contribution in [1.82, 2.24) is 9.97 Å². The predicted molar refractivity (Wildman–Crippen MR) is 77.5 cm³/mol. The van der Waals surface area contributed by atoms with Crippen LogP contribution in [0.4, 0.5) is 5.95 Å². The Kier molecular flexibility index (Phi) is 3.97. The SMILES string of the molecule is Cc1cc(OC(C)C)nc(NCC2(C(C)C)CC2)n1. The molecule has 0 unspecified atom stereocenters. The Morgan fingerprint density at radius 2 is 1.95 bits per heavy atom. The van der Waals surface area contributed by atoms with Gasteiger partial charge in [-0.15, -0.1) is 0 Å². The van der Waals surface area contributed by atoms with Crippen LogP contribution in [0.15, 0.2) is 6.07 Å². The molecular formula is C15H25N3O. The first-order valence-corrected chi connectivity index (χ1v) is 7.17. The molecule has 0 amide bonds. The van der Waals surface area contributed by atoms with Crippen molar-refractivity contribution in [2.45, 2.75) is 53.6 Å². The summed E-state index contributed by atoms with van der Waals surface area (Å²) in [5, 5.41) is 3.38. The van der Waals surface area contributed by atoms with Crippen LogP contribution in [-0.2, 0) is 0 Å². The van der Waals surface area contributed by atoms with Crippen LogP contribution < -0.4 is 10.1 Å². The van der Waals surface area contributed by atoms with Gasteiger partial charge in [-0.25, -0.2) is 4.98 Å². The molecule has 0 aromatic carbocycles. The third-order valence-corrected chi connectivity index (χ3v) is 3.90. The summed E-state index contributed by atoms with van der Waals surface area (Å²) in [7, 11) is 0. The van der Waals surface area contributed by atoms with E-state index >= 15 is 0 Å². The summed E-state index contributed by atoms with van der Waals surface area (Å²) < 4.78 is 5.64. The Labute approximate surface area is 116 Å². The summed E-state index contributed by atoms with van der Waals surface area (Å²) in [6.45, 7) is 11.5. The molecule has 19 heavy (non-hydrogen) atoms. The average Bonchev–Trinajstić information content (AvgIpc) is 3.05. The fraction of sp³-hybridized carbons (Fsp3) is 0.733. The fourth-order valence-electron chi connectivity index (χ4n) is 2.29. The van der Waals surface area contributed by atoms with Crippen molar-refractivity contribution in [1.29, 1.82) is 0 Å². The Bertz CT molecular complexity index is 439. The van der Waals surface area contributed by atoms with Crippen LogP contribution in [0.5, 0.6) is 5.88 Å². The number of anilines is 1. The van der Waals surface area contributed by atoms with E-state index in [0.717, 1.165) is 12.2 Å². The van der Waals surface area contributed by atoms with E-state index in [1.165, 1.54) is 12.8 Å². The number of hydrogen-bond donors (Lipinski definition) is 1. The molecule has 1 aliphatic rings. The number of aryl methyl sites for hydroxylation is 1. The molecule has 1 fully saturated rings. The minimum absolute atomic E-state index is 0.132. The largest absolute Gasteiger partial charge is 0.475 e. The van der Waals surface area contributed by atoms with Gasteiger partial charge in [0.1, 0.15) is 0 Å². The van der Waals surface area contributed by atoms with E-state index in [9.17, 15) is 0 Å². The summed E-state index contributed by atoms with van der Waals surface area (Å²) in [6.07, 6.45) is 2.74. The first kappa shape index (κ1) is 14.1. The van der Waals surface area contributed by atoms with Gasteiger partial charge < -0.3 is 10.1 Å². The summed E-state index contributed by atoms with van der Waals surface area (Å²) in [6, 6.07) is 1.88. The van der Waals surface area contributed by atoms with Gasteiger partial charge in [-0.2, -0.15) is 4.98 Å². The maximum atomic E-state index is 5.64. The van der Waals surface area contributed by atoms with Gasteiger partial charge in [-0.1, -0.05) is 13.8 Å². The summed E-state index contributed by atoms with van der Waals surface area (Å²) >= 11 is 0. The monoisotopic (exact) mass is 263 g/mol. The molecular weight excluding hydrogens is 238 g/mol. The van der Waals surface area contributed by atoms with Crippen LogP contribution in [0.2, 0.25) is 0 Å². The van der Waals surface area contributed by atoms with E-state index in [1.54, 1.807) is 0 Å². The number of hydrogen-bond acceptors (Lipinski definition) is 4. The zero-order chi connectivity index (χ0) is 14.0. The zero-order valence-corrected chi connectivity index (χ0v) is 12.7. The van der Waals surface area contributed by atoms with E-state index in [1.807, 2.05) is 26.8 Å². The molecule has 0 saturated heterocycles. The third kappa shape index (κ3) is 3.58. The quantitative estimate of drug-likeness (QED) is 0.854. The van der Waals surface area contributed by atoms with Gasteiger partial charge in [0.05, 0.1) is 6.10 Å². The Hall–Kier alpha value is -1.32. The minimum atomic E-state index is 0.132. The zero-order valence-electron chi connectivity index (χ0n) is 12.7. The molecule has 0 radical (unpaired) electrons. The lowest BCUT2D eigenvalue weighted by molar-refractivity contribution is 0.232. The van der Waals surface area contributed by atoms with Crippen LogP contribution in [0.1, 0.15) is 46.2 Å². The van der Waals surface area contributed by atoms with Crippen LogP contribution >= 0.6 is 0 Å².